The van der Waals surface area contributed by atoms with Crippen molar-refractivity contribution in [3.8, 4) is 23.2 Å². The fourth-order valence-corrected chi connectivity index (χ4v) is 3.78. The van der Waals surface area contributed by atoms with Crippen LogP contribution >= 0.6 is 0 Å². The average Bonchev–Trinajstić information content (AvgIpc) is 3.24. The van der Waals surface area contributed by atoms with Gasteiger partial charge >= 0.3 is 0 Å². The number of hydrogen-bond acceptors (Lipinski definition) is 9. The fraction of sp³-hybridized carbons (Fsp3) is 0.391. The van der Waals surface area contributed by atoms with Crippen LogP contribution in [0.3, 0.4) is 0 Å². The van der Waals surface area contributed by atoms with Crippen molar-refractivity contribution in [1.82, 2.24) is 29.6 Å². The molecule has 0 spiro atoms. The van der Waals surface area contributed by atoms with Crippen molar-refractivity contribution in [2.45, 2.75) is 39.1 Å². The van der Waals surface area contributed by atoms with Gasteiger partial charge in [-0.3, -0.25) is 9.48 Å². The minimum Gasteiger partial charge on any atom is -0.486 e. The zero-order valence-electron chi connectivity index (χ0n) is 19.3. The lowest BCUT2D eigenvalue weighted by molar-refractivity contribution is -0.138. The summed E-state index contributed by atoms with van der Waals surface area (Å²) in [4.78, 5) is 25.7. The first-order valence-corrected chi connectivity index (χ1v) is 11.2. The maximum Gasteiger partial charge on any atom is 0.248 e. The topological polar surface area (TPSA) is 142 Å². The number of benzene rings is 1. The highest BCUT2D eigenvalue weighted by Crippen LogP contribution is 2.28. The van der Waals surface area contributed by atoms with Gasteiger partial charge in [0.1, 0.15) is 30.9 Å². The molecule has 11 nitrogen and oxygen atoms in total. The van der Waals surface area contributed by atoms with E-state index in [0.717, 1.165) is 17.9 Å². The Hall–Kier alpha value is -4.11. The first kappa shape index (κ1) is 24.0. The molecule has 2 N–H and O–H groups in total. The van der Waals surface area contributed by atoms with Gasteiger partial charge in [0.15, 0.2) is 12.0 Å². The second kappa shape index (κ2) is 10.4. The van der Waals surface area contributed by atoms with Crippen LogP contribution in [0.15, 0.2) is 30.7 Å². The van der Waals surface area contributed by atoms with Gasteiger partial charge in [-0.15, -0.1) is 0 Å². The predicted octanol–water partition coefficient (Wildman–Crippen LogP) is 1.99. The summed E-state index contributed by atoms with van der Waals surface area (Å²) < 4.78 is 22.2. The lowest BCUT2D eigenvalue weighted by Crippen LogP contribution is -2.50. The van der Waals surface area contributed by atoms with Gasteiger partial charge in [-0.2, -0.15) is 15.3 Å². The van der Waals surface area contributed by atoms with Crippen molar-refractivity contribution in [3.63, 3.8) is 0 Å². The molecule has 1 aliphatic heterocycles. The lowest BCUT2D eigenvalue weighted by atomic mass is 10.0. The summed E-state index contributed by atoms with van der Waals surface area (Å²) in [6, 6.07) is 6.92. The van der Waals surface area contributed by atoms with Crippen LogP contribution in [-0.2, 0) is 11.3 Å². The molecule has 4 rings (SSSR count). The first-order chi connectivity index (χ1) is 16.9. The Kier molecular flexibility index (Phi) is 7.17. The zero-order chi connectivity index (χ0) is 24.9. The molecule has 2 aromatic heterocycles. The number of nitriles is 1. The number of amides is 1. The van der Waals surface area contributed by atoms with E-state index in [0.29, 0.717) is 17.3 Å². The monoisotopic (exact) mass is 480 g/mol. The Labute approximate surface area is 201 Å². The Balaban J connectivity index is 1.50. The van der Waals surface area contributed by atoms with E-state index in [1.165, 1.54) is 11.2 Å². The SMILES string of the molecule is CCn1cc(Nc2ncnc(-c3ccc(OC4CCN(C(=O)CO)CC4F)c(C#N)c3)n2)c(C)n1. The summed E-state index contributed by atoms with van der Waals surface area (Å²) in [5.74, 6) is 0.400. The number of likely N-dealkylation sites (tertiary alicyclic amines) is 1. The number of alkyl halides is 1. The van der Waals surface area contributed by atoms with E-state index in [9.17, 15) is 14.4 Å². The summed E-state index contributed by atoms with van der Waals surface area (Å²) >= 11 is 0. The van der Waals surface area contributed by atoms with Crippen LogP contribution in [-0.4, -0.2) is 72.6 Å². The van der Waals surface area contributed by atoms with E-state index >= 15 is 0 Å². The van der Waals surface area contributed by atoms with Crippen molar-refractivity contribution < 1.29 is 19.0 Å². The molecule has 1 fully saturated rings. The number of hydrogen-bond donors (Lipinski definition) is 2. The van der Waals surface area contributed by atoms with Crippen LogP contribution < -0.4 is 10.1 Å². The minimum atomic E-state index is -1.44. The number of aliphatic hydroxyl groups is 1. The molecule has 0 bridgehead atoms. The van der Waals surface area contributed by atoms with Gasteiger partial charge in [-0.25, -0.2) is 14.4 Å². The summed E-state index contributed by atoms with van der Waals surface area (Å²) in [5.41, 5.74) is 2.36. The molecule has 0 saturated carbocycles. The number of piperidine rings is 1. The molecule has 0 aliphatic carbocycles. The number of carbonyl (C=O) groups excluding carboxylic acids is 1. The van der Waals surface area contributed by atoms with Gasteiger partial charge in [0.05, 0.1) is 23.5 Å². The predicted molar refractivity (Wildman–Crippen MR) is 123 cm³/mol. The summed E-state index contributed by atoms with van der Waals surface area (Å²) in [7, 11) is 0. The highest BCUT2D eigenvalue weighted by atomic mass is 19.1. The van der Waals surface area contributed by atoms with Gasteiger partial charge in [0, 0.05) is 31.3 Å². The van der Waals surface area contributed by atoms with Crippen LogP contribution in [0.25, 0.3) is 11.4 Å². The second-order valence-electron chi connectivity index (χ2n) is 8.02. The quantitative estimate of drug-likeness (QED) is 0.519. The van der Waals surface area contributed by atoms with Gasteiger partial charge in [-0.1, -0.05) is 0 Å². The lowest BCUT2D eigenvalue weighted by Gasteiger charge is -2.34. The molecule has 2 unspecified atom stereocenters. The number of aryl methyl sites for hydroxylation is 2. The van der Waals surface area contributed by atoms with Crippen molar-refractivity contribution in [1.29, 1.82) is 5.26 Å². The van der Waals surface area contributed by atoms with Gasteiger partial charge in [0.2, 0.25) is 11.9 Å². The molecule has 35 heavy (non-hydrogen) atoms. The molecule has 3 heterocycles. The third-order valence-electron chi connectivity index (χ3n) is 5.69. The number of nitrogens with one attached hydrogen (secondary N) is 1. The van der Waals surface area contributed by atoms with E-state index in [1.54, 1.807) is 22.9 Å². The number of halogens is 1. The number of aromatic nitrogens is 5. The molecule has 0 radical (unpaired) electrons. The number of ether oxygens (including phenoxy) is 1. The van der Waals surface area contributed by atoms with E-state index < -0.39 is 24.8 Å². The van der Waals surface area contributed by atoms with Crippen LogP contribution in [0.4, 0.5) is 16.0 Å². The molecular weight excluding hydrogens is 455 g/mol. The summed E-state index contributed by atoms with van der Waals surface area (Å²) in [6.07, 6.45) is 1.23. The van der Waals surface area contributed by atoms with Gasteiger partial charge in [0.25, 0.3) is 0 Å². The molecule has 1 saturated heterocycles. The Morgan fingerprint density at radius 1 is 1.40 bits per heavy atom. The van der Waals surface area contributed by atoms with E-state index in [2.05, 4.69) is 31.4 Å². The van der Waals surface area contributed by atoms with Crippen LogP contribution in [0.2, 0.25) is 0 Å². The number of nitrogens with zero attached hydrogens (tertiary/aromatic N) is 7. The number of carbonyl (C=O) groups is 1. The van der Waals surface area contributed by atoms with E-state index in [4.69, 9.17) is 9.84 Å². The van der Waals surface area contributed by atoms with E-state index in [-0.39, 0.29) is 30.8 Å². The molecule has 1 amide bonds. The maximum absolute atomic E-state index is 14.6. The largest absolute Gasteiger partial charge is 0.486 e. The average molecular weight is 481 g/mol. The molecular formula is C23H25FN8O3. The van der Waals surface area contributed by atoms with Crippen LogP contribution in [0, 0.1) is 18.3 Å². The summed E-state index contributed by atoms with van der Waals surface area (Å²) in [6.45, 7) is 4.05. The third-order valence-corrected chi connectivity index (χ3v) is 5.69. The Bertz CT molecular complexity index is 1260. The van der Waals surface area contributed by atoms with Gasteiger partial charge < -0.3 is 20.1 Å². The highest BCUT2D eigenvalue weighted by Gasteiger charge is 2.33. The van der Waals surface area contributed by atoms with Crippen molar-refractivity contribution in [3.05, 3.63) is 42.0 Å². The van der Waals surface area contributed by atoms with Crippen molar-refractivity contribution in [2.75, 3.05) is 25.0 Å². The van der Waals surface area contributed by atoms with E-state index in [1.807, 2.05) is 20.0 Å². The zero-order valence-corrected chi connectivity index (χ0v) is 19.3. The Morgan fingerprint density at radius 2 is 2.23 bits per heavy atom. The number of anilines is 2. The smallest absolute Gasteiger partial charge is 0.248 e. The molecule has 12 heteroatoms. The number of aliphatic hydroxyl groups excluding tert-OH is 1. The van der Waals surface area contributed by atoms with Crippen molar-refractivity contribution in [2.24, 2.45) is 0 Å². The minimum absolute atomic E-state index is 0.165. The van der Waals surface area contributed by atoms with Crippen molar-refractivity contribution >= 4 is 17.5 Å². The van der Waals surface area contributed by atoms with Gasteiger partial charge in [-0.05, 0) is 32.0 Å². The van der Waals surface area contributed by atoms with Crippen LogP contribution in [0.1, 0.15) is 24.6 Å². The highest BCUT2D eigenvalue weighted by molar-refractivity contribution is 5.77. The second-order valence-corrected chi connectivity index (χ2v) is 8.02. The molecule has 3 aromatic rings. The Morgan fingerprint density at radius 3 is 2.91 bits per heavy atom. The summed E-state index contributed by atoms with van der Waals surface area (Å²) in [5, 5.41) is 26.1. The third kappa shape index (κ3) is 5.36. The molecule has 2 atom stereocenters. The normalized spacial score (nSPS) is 17.6. The molecule has 1 aliphatic rings. The first-order valence-electron chi connectivity index (χ1n) is 11.2. The number of rotatable bonds is 7. The fourth-order valence-electron chi connectivity index (χ4n) is 3.78. The maximum atomic E-state index is 14.6. The van der Waals surface area contributed by atoms with Crippen LogP contribution in [0.5, 0.6) is 5.75 Å². The molecule has 182 valence electrons. The molecule has 1 aromatic carbocycles. The standard InChI is InChI=1S/C23H25FN8O3/c1-3-32-11-18(14(2)30-32)28-23-27-13-26-22(29-23)15-4-5-19(16(8-15)9-25)35-20-6-7-31(10-17(20)24)21(34)12-33/h4-5,8,11,13,17,20,33H,3,6-7,10,12H2,1-2H3,(H,26,27,28,29).